The normalized spacial score (nSPS) is 22.0. The molecule has 244 valence electrons. The van der Waals surface area contributed by atoms with E-state index in [9.17, 15) is 19.2 Å². The third-order valence-corrected chi connectivity index (χ3v) is 9.47. The number of aldehydes is 1. The Labute approximate surface area is 274 Å². The highest BCUT2D eigenvalue weighted by atomic mass is 16.7. The Morgan fingerprint density at radius 3 is 2.56 bits per heavy atom. The number of aromatic nitrogens is 1. The van der Waals surface area contributed by atoms with Crippen LogP contribution in [-0.2, 0) is 28.9 Å². The van der Waals surface area contributed by atoms with E-state index in [-0.39, 0.29) is 47.0 Å². The van der Waals surface area contributed by atoms with Crippen LogP contribution in [0.5, 0.6) is 17.4 Å². The van der Waals surface area contributed by atoms with Crippen LogP contribution in [-0.4, -0.2) is 47.5 Å². The number of ether oxygens (including phenoxy) is 5. The van der Waals surface area contributed by atoms with Gasteiger partial charge in [0.15, 0.2) is 23.1 Å². The summed E-state index contributed by atoms with van der Waals surface area (Å²) in [6, 6.07) is 14.4. The molecule has 1 fully saturated rings. The van der Waals surface area contributed by atoms with Crippen LogP contribution in [0.2, 0.25) is 0 Å². The van der Waals surface area contributed by atoms with E-state index >= 15 is 0 Å². The first-order valence-electron chi connectivity index (χ1n) is 15.7. The van der Waals surface area contributed by atoms with Gasteiger partial charge in [0.05, 0.1) is 12.7 Å². The number of fused-ring (bicyclic) bond motifs is 4. The van der Waals surface area contributed by atoms with Crippen molar-refractivity contribution in [1.82, 2.24) is 5.16 Å². The molecule has 8 rings (SSSR count). The van der Waals surface area contributed by atoms with Gasteiger partial charge >= 0.3 is 6.16 Å². The molecule has 4 aliphatic rings. The molecule has 3 aliphatic carbocycles. The minimum absolute atomic E-state index is 0.0417. The molecule has 1 saturated heterocycles. The summed E-state index contributed by atoms with van der Waals surface area (Å²) in [5, 5.41) is 4.99. The van der Waals surface area contributed by atoms with Crippen LogP contribution in [0.15, 0.2) is 64.4 Å². The quantitative estimate of drug-likeness (QED) is 0.0993. The van der Waals surface area contributed by atoms with Gasteiger partial charge in [0.25, 0.3) is 5.88 Å². The number of hydrogen-bond acceptors (Lipinski definition) is 11. The number of allylic oxidation sites excluding steroid dienone is 1. The maximum atomic E-state index is 14.7. The van der Waals surface area contributed by atoms with Gasteiger partial charge in [-0.05, 0) is 62.4 Å². The predicted octanol–water partition coefficient (Wildman–Crippen LogP) is 6.38. The molecule has 3 aromatic carbocycles. The van der Waals surface area contributed by atoms with Crippen LogP contribution in [0, 0.1) is 11.8 Å². The predicted molar refractivity (Wildman–Crippen MR) is 169 cm³/mol. The van der Waals surface area contributed by atoms with E-state index in [1.807, 2.05) is 30.3 Å². The van der Waals surface area contributed by atoms with Crippen LogP contribution in [0.25, 0.3) is 10.8 Å². The standard InChI is InChI=1S/C37H31NO10/c1-36(2,3)47-35(42)45-31-23-12-19(16-39)10-11-22(23)30(43-4)24-14-20-13-21-15-25-28(34(38-48-25)44-17-18-8-6-5-7-9-18)32(41)37(21)33(46-37)26(20)29(40)27(24)31/h5-12,16,20-21H,13-15,17H2,1-4H3/t20-,21+,37-/m1/s1. The number of benzene rings is 3. The number of hydrogen-bond donors (Lipinski definition) is 0. The number of ketones is 2. The van der Waals surface area contributed by atoms with Crippen molar-refractivity contribution in [3.05, 3.63) is 93.4 Å². The Bertz CT molecular complexity index is 2100. The molecule has 48 heavy (non-hydrogen) atoms. The summed E-state index contributed by atoms with van der Waals surface area (Å²) in [6.07, 6.45) is 0.864. The van der Waals surface area contributed by atoms with Crippen molar-refractivity contribution in [1.29, 1.82) is 0 Å². The van der Waals surface area contributed by atoms with Gasteiger partial charge in [-0.15, -0.1) is 0 Å². The molecule has 0 N–H and O–H groups in total. The van der Waals surface area contributed by atoms with E-state index in [1.165, 1.54) is 7.11 Å². The fourth-order valence-electron chi connectivity index (χ4n) is 7.49. The van der Waals surface area contributed by atoms with Crippen molar-refractivity contribution in [2.24, 2.45) is 11.8 Å². The van der Waals surface area contributed by atoms with Gasteiger partial charge in [-0.1, -0.05) is 36.4 Å². The second-order valence-corrected chi connectivity index (χ2v) is 13.5. The first kappa shape index (κ1) is 29.9. The molecule has 0 radical (unpaired) electrons. The summed E-state index contributed by atoms with van der Waals surface area (Å²) in [5.74, 6) is -0.148. The number of methoxy groups -OCH3 is 1. The maximum absolute atomic E-state index is 14.7. The van der Waals surface area contributed by atoms with Gasteiger partial charge in [0.1, 0.15) is 29.8 Å². The second-order valence-electron chi connectivity index (χ2n) is 13.5. The molecule has 0 amide bonds. The van der Waals surface area contributed by atoms with Crippen molar-refractivity contribution >= 4 is 34.8 Å². The molecule has 1 spiro atoms. The topological polar surface area (TPSA) is 144 Å². The first-order valence-corrected chi connectivity index (χ1v) is 15.7. The molecule has 1 aromatic heterocycles. The van der Waals surface area contributed by atoms with E-state index in [4.69, 9.17) is 28.2 Å². The molecule has 11 heteroatoms. The lowest BCUT2D eigenvalue weighted by atomic mass is 9.63. The van der Waals surface area contributed by atoms with Crippen molar-refractivity contribution in [3.8, 4) is 17.4 Å². The molecular formula is C37H31NO10. The van der Waals surface area contributed by atoms with Gasteiger partial charge in [0, 0.05) is 39.8 Å². The summed E-state index contributed by atoms with van der Waals surface area (Å²) < 4.78 is 34.9. The number of Topliss-reactive ketones (excluding diaryl/α,β-unsaturated/α-hetero) is 2. The van der Waals surface area contributed by atoms with Crippen LogP contribution < -0.4 is 14.2 Å². The first-order chi connectivity index (χ1) is 23.0. The number of carbonyl (C=O) groups is 4. The fourth-order valence-corrected chi connectivity index (χ4v) is 7.49. The molecule has 2 heterocycles. The van der Waals surface area contributed by atoms with Crippen LogP contribution >= 0.6 is 0 Å². The minimum atomic E-state index is -1.33. The Morgan fingerprint density at radius 2 is 1.83 bits per heavy atom. The van der Waals surface area contributed by atoms with Crippen molar-refractivity contribution in [2.45, 2.75) is 57.8 Å². The molecule has 0 bridgehead atoms. The molecule has 3 atom stereocenters. The average Bonchev–Trinajstić information content (AvgIpc) is 3.68. The molecule has 0 unspecified atom stereocenters. The van der Waals surface area contributed by atoms with E-state index in [2.05, 4.69) is 5.16 Å². The average molecular weight is 650 g/mol. The number of carbonyl (C=O) groups excluding carboxylic acids is 4. The molecule has 0 saturated carbocycles. The zero-order valence-corrected chi connectivity index (χ0v) is 26.7. The van der Waals surface area contributed by atoms with Gasteiger partial charge in [-0.3, -0.25) is 14.4 Å². The summed E-state index contributed by atoms with van der Waals surface area (Å²) in [5.41, 5.74) is 0.272. The number of epoxide rings is 1. The summed E-state index contributed by atoms with van der Waals surface area (Å²) in [6.45, 7) is 5.29. The number of nitrogens with zero attached hydrogens (tertiary/aromatic N) is 1. The van der Waals surface area contributed by atoms with E-state index in [0.717, 1.165) is 5.56 Å². The zero-order chi connectivity index (χ0) is 33.5. The lowest BCUT2D eigenvalue weighted by Gasteiger charge is -2.36. The second kappa shape index (κ2) is 10.5. The van der Waals surface area contributed by atoms with Gasteiger partial charge in [-0.25, -0.2) is 4.79 Å². The van der Waals surface area contributed by atoms with E-state index in [1.54, 1.807) is 39.0 Å². The summed E-state index contributed by atoms with van der Waals surface area (Å²) in [4.78, 5) is 53.8. The molecule has 1 aliphatic heterocycles. The third kappa shape index (κ3) is 4.44. The molecular weight excluding hydrogens is 618 g/mol. The highest BCUT2D eigenvalue weighted by Gasteiger charge is 2.72. The smallest absolute Gasteiger partial charge is 0.496 e. The van der Waals surface area contributed by atoms with E-state index in [0.29, 0.717) is 70.3 Å². The Hall–Kier alpha value is -5.45. The Balaban J connectivity index is 1.23. The fraction of sp³-hybridized carbons (Fsp3) is 0.324. The molecule has 4 aromatic rings. The SMILES string of the molecule is COc1c2c(c(OC(=O)OC(C)(C)C)c3cc(C=O)ccc13)C(=O)C1=C3O[C@]34C(=O)c3c(OCc5ccccc5)noc3C[C@@H]4C[C@@H]1C2. The number of rotatable bonds is 6. The minimum Gasteiger partial charge on any atom is -0.496 e. The van der Waals surface area contributed by atoms with Crippen LogP contribution in [0.1, 0.15) is 75.2 Å². The zero-order valence-electron chi connectivity index (χ0n) is 26.7. The van der Waals surface area contributed by atoms with Crippen molar-refractivity contribution < 1.29 is 47.4 Å². The summed E-state index contributed by atoms with van der Waals surface area (Å²) in [7, 11) is 1.51. The van der Waals surface area contributed by atoms with Gasteiger partial charge < -0.3 is 28.2 Å². The highest BCUT2D eigenvalue weighted by molar-refractivity contribution is 6.20. The largest absolute Gasteiger partial charge is 0.514 e. The van der Waals surface area contributed by atoms with Crippen LogP contribution in [0.4, 0.5) is 4.79 Å². The summed E-state index contributed by atoms with van der Waals surface area (Å²) >= 11 is 0. The Kier molecular flexibility index (Phi) is 6.56. The Morgan fingerprint density at radius 1 is 1.04 bits per heavy atom. The van der Waals surface area contributed by atoms with E-state index < -0.39 is 23.1 Å². The third-order valence-electron chi connectivity index (χ3n) is 9.47. The molecule has 11 nitrogen and oxygen atoms in total. The van der Waals surface area contributed by atoms with Crippen LogP contribution in [0.3, 0.4) is 0 Å². The van der Waals surface area contributed by atoms with Gasteiger partial charge in [0.2, 0.25) is 11.4 Å². The lowest BCUT2D eigenvalue weighted by Crippen LogP contribution is -2.44. The maximum Gasteiger partial charge on any atom is 0.514 e. The van der Waals surface area contributed by atoms with Crippen molar-refractivity contribution in [3.63, 3.8) is 0 Å². The monoisotopic (exact) mass is 649 g/mol. The lowest BCUT2D eigenvalue weighted by molar-refractivity contribution is 0.0207. The highest BCUT2D eigenvalue weighted by Crippen LogP contribution is 2.63. The van der Waals surface area contributed by atoms with Gasteiger partial charge in [-0.2, -0.15) is 0 Å². The van der Waals surface area contributed by atoms with Crippen molar-refractivity contribution in [2.75, 3.05) is 7.11 Å².